The van der Waals surface area contributed by atoms with Crippen molar-refractivity contribution in [1.29, 1.82) is 0 Å². The highest BCUT2D eigenvalue weighted by Crippen LogP contribution is 2.24. The molecular formula is C17H23NO3S. The SMILES string of the molecule is CCN(C(=O)c1ccc2c(c1)CCCC2)C1CCS(=O)(=O)C1. The van der Waals surface area contributed by atoms with E-state index in [-0.39, 0.29) is 23.5 Å². The fourth-order valence-electron chi connectivity index (χ4n) is 3.62. The van der Waals surface area contributed by atoms with E-state index in [1.54, 1.807) is 4.90 Å². The molecule has 0 bridgehead atoms. The van der Waals surface area contributed by atoms with Crippen molar-refractivity contribution < 1.29 is 13.2 Å². The molecule has 0 radical (unpaired) electrons. The quantitative estimate of drug-likeness (QED) is 0.858. The van der Waals surface area contributed by atoms with Gasteiger partial charge >= 0.3 is 0 Å². The van der Waals surface area contributed by atoms with Crippen molar-refractivity contribution in [2.45, 2.75) is 45.1 Å². The summed E-state index contributed by atoms with van der Waals surface area (Å²) in [6.45, 7) is 2.47. The second-order valence-corrected chi connectivity index (χ2v) is 8.57. The Labute approximate surface area is 132 Å². The molecule has 1 fully saturated rings. The highest BCUT2D eigenvalue weighted by atomic mass is 32.2. The Bertz CT molecular complexity index is 681. The van der Waals surface area contributed by atoms with Gasteiger partial charge in [0.1, 0.15) is 0 Å². The highest BCUT2D eigenvalue weighted by molar-refractivity contribution is 7.91. The average Bonchev–Trinajstić information content (AvgIpc) is 2.87. The predicted octanol–water partition coefficient (Wildman–Crippen LogP) is 2.21. The maximum absolute atomic E-state index is 12.8. The monoisotopic (exact) mass is 321 g/mol. The summed E-state index contributed by atoms with van der Waals surface area (Å²) in [5.74, 6) is 0.279. The third-order valence-electron chi connectivity index (χ3n) is 4.85. The van der Waals surface area contributed by atoms with Gasteiger partial charge in [-0.1, -0.05) is 6.07 Å². The fraction of sp³-hybridized carbons (Fsp3) is 0.588. The molecule has 0 saturated carbocycles. The molecule has 1 aliphatic heterocycles. The van der Waals surface area contributed by atoms with Gasteiger partial charge in [-0.15, -0.1) is 0 Å². The maximum atomic E-state index is 12.8. The van der Waals surface area contributed by atoms with Crippen LogP contribution in [0.15, 0.2) is 18.2 Å². The van der Waals surface area contributed by atoms with E-state index in [1.807, 2.05) is 19.1 Å². The zero-order valence-electron chi connectivity index (χ0n) is 13.0. The number of amides is 1. The van der Waals surface area contributed by atoms with Gasteiger partial charge in [0.05, 0.1) is 11.5 Å². The van der Waals surface area contributed by atoms with Gasteiger partial charge in [-0.25, -0.2) is 8.42 Å². The molecule has 1 saturated heterocycles. The lowest BCUT2D eigenvalue weighted by molar-refractivity contribution is 0.0708. The van der Waals surface area contributed by atoms with E-state index in [0.717, 1.165) is 12.8 Å². The number of fused-ring (bicyclic) bond motifs is 1. The number of carbonyl (C=O) groups excluding carboxylic acids is 1. The van der Waals surface area contributed by atoms with Crippen LogP contribution in [0.25, 0.3) is 0 Å². The lowest BCUT2D eigenvalue weighted by Gasteiger charge is -2.27. The van der Waals surface area contributed by atoms with Gasteiger partial charge in [-0.3, -0.25) is 4.79 Å². The van der Waals surface area contributed by atoms with Crippen LogP contribution in [0.3, 0.4) is 0 Å². The Morgan fingerprint density at radius 3 is 2.59 bits per heavy atom. The molecule has 4 nitrogen and oxygen atoms in total. The summed E-state index contributed by atoms with van der Waals surface area (Å²) in [6.07, 6.45) is 5.11. The van der Waals surface area contributed by atoms with E-state index in [9.17, 15) is 13.2 Å². The summed E-state index contributed by atoms with van der Waals surface area (Å²) in [7, 11) is -2.97. The van der Waals surface area contributed by atoms with Crippen LogP contribution in [0.1, 0.15) is 47.7 Å². The second kappa shape index (κ2) is 6.03. The van der Waals surface area contributed by atoms with Gasteiger partial charge < -0.3 is 4.90 Å². The zero-order chi connectivity index (χ0) is 15.7. The first kappa shape index (κ1) is 15.5. The molecule has 1 aromatic rings. The minimum atomic E-state index is -2.97. The standard InChI is InChI=1S/C17H23NO3S/c1-2-18(16-9-10-22(20,21)12-16)17(19)15-8-7-13-5-3-4-6-14(13)11-15/h7-8,11,16H,2-6,9-10,12H2,1H3. The number of hydrogen-bond acceptors (Lipinski definition) is 3. The van der Waals surface area contributed by atoms with Crippen LogP contribution in [0.5, 0.6) is 0 Å². The first-order chi connectivity index (χ1) is 10.5. The second-order valence-electron chi connectivity index (χ2n) is 6.34. The molecular weight excluding hydrogens is 298 g/mol. The maximum Gasteiger partial charge on any atom is 0.254 e. The summed E-state index contributed by atoms with van der Waals surface area (Å²) in [5, 5.41) is 0. The third-order valence-corrected chi connectivity index (χ3v) is 6.60. The molecule has 1 unspecified atom stereocenters. The number of benzene rings is 1. The summed E-state index contributed by atoms with van der Waals surface area (Å²) >= 11 is 0. The Morgan fingerprint density at radius 1 is 1.23 bits per heavy atom. The van der Waals surface area contributed by atoms with Gasteiger partial charge in [-0.2, -0.15) is 0 Å². The molecule has 1 aromatic carbocycles. The molecule has 0 N–H and O–H groups in total. The largest absolute Gasteiger partial charge is 0.335 e. The number of hydrogen-bond donors (Lipinski definition) is 0. The molecule has 1 atom stereocenters. The number of aryl methyl sites for hydroxylation is 2. The molecule has 120 valence electrons. The van der Waals surface area contributed by atoms with Crippen LogP contribution < -0.4 is 0 Å². The third kappa shape index (κ3) is 3.05. The van der Waals surface area contributed by atoms with Crippen molar-refractivity contribution in [1.82, 2.24) is 4.90 Å². The van der Waals surface area contributed by atoms with Crippen molar-refractivity contribution in [3.8, 4) is 0 Å². The smallest absolute Gasteiger partial charge is 0.254 e. The molecule has 1 aliphatic carbocycles. The van der Waals surface area contributed by atoms with Crippen LogP contribution in [-0.4, -0.2) is 43.3 Å². The van der Waals surface area contributed by atoms with Crippen molar-refractivity contribution in [2.24, 2.45) is 0 Å². The van der Waals surface area contributed by atoms with Gasteiger partial charge in [0.15, 0.2) is 9.84 Å². The van der Waals surface area contributed by atoms with Crippen LogP contribution in [0.2, 0.25) is 0 Å². The number of sulfone groups is 1. The molecule has 3 rings (SSSR count). The van der Waals surface area contributed by atoms with E-state index < -0.39 is 9.84 Å². The van der Waals surface area contributed by atoms with Crippen molar-refractivity contribution in [3.05, 3.63) is 34.9 Å². The van der Waals surface area contributed by atoms with Gasteiger partial charge in [-0.05, 0) is 62.3 Å². The first-order valence-corrected chi connectivity index (χ1v) is 9.95. The lowest BCUT2D eigenvalue weighted by Crippen LogP contribution is -2.41. The topological polar surface area (TPSA) is 54.5 Å². The average molecular weight is 321 g/mol. The van der Waals surface area contributed by atoms with Crippen molar-refractivity contribution in [3.63, 3.8) is 0 Å². The molecule has 22 heavy (non-hydrogen) atoms. The predicted molar refractivity (Wildman–Crippen MR) is 86.9 cm³/mol. The fourth-order valence-corrected chi connectivity index (χ4v) is 5.35. The number of rotatable bonds is 3. The van der Waals surface area contributed by atoms with Crippen LogP contribution in [0.4, 0.5) is 0 Å². The molecule has 5 heteroatoms. The molecule has 1 heterocycles. The van der Waals surface area contributed by atoms with Crippen LogP contribution >= 0.6 is 0 Å². The molecule has 2 aliphatic rings. The van der Waals surface area contributed by atoms with E-state index in [2.05, 4.69) is 6.07 Å². The zero-order valence-corrected chi connectivity index (χ0v) is 13.9. The van der Waals surface area contributed by atoms with Crippen LogP contribution in [0, 0.1) is 0 Å². The number of carbonyl (C=O) groups is 1. The van der Waals surface area contributed by atoms with E-state index in [0.29, 0.717) is 18.5 Å². The Morgan fingerprint density at radius 2 is 1.95 bits per heavy atom. The Hall–Kier alpha value is -1.36. The van der Waals surface area contributed by atoms with Gasteiger partial charge in [0.25, 0.3) is 5.91 Å². The summed E-state index contributed by atoms with van der Waals surface area (Å²) in [6, 6.07) is 5.82. The first-order valence-electron chi connectivity index (χ1n) is 8.13. The Balaban J connectivity index is 1.82. The highest BCUT2D eigenvalue weighted by Gasteiger charge is 2.34. The minimum absolute atomic E-state index is 0.0297. The van der Waals surface area contributed by atoms with E-state index >= 15 is 0 Å². The van der Waals surface area contributed by atoms with Crippen molar-refractivity contribution in [2.75, 3.05) is 18.1 Å². The van der Waals surface area contributed by atoms with Crippen LogP contribution in [-0.2, 0) is 22.7 Å². The normalized spacial score (nSPS) is 23.0. The summed E-state index contributed by atoms with van der Waals surface area (Å²) in [4.78, 5) is 14.5. The van der Waals surface area contributed by atoms with E-state index in [1.165, 1.54) is 24.0 Å². The molecule has 0 aromatic heterocycles. The summed E-state index contributed by atoms with van der Waals surface area (Å²) in [5.41, 5.74) is 3.34. The number of nitrogens with zero attached hydrogens (tertiary/aromatic N) is 1. The molecule has 0 spiro atoms. The summed E-state index contributed by atoms with van der Waals surface area (Å²) < 4.78 is 23.3. The lowest BCUT2D eigenvalue weighted by atomic mass is 9.90. The van der Waals surface area contributed by atoms with Crippen molar-refractivity contribution >= 4 is 15.7 Å². The molecule has 1 amide bonds. The van der Waals surface area contributed by atoms with Gasteiger partial charge in [0.2, 0.25) is 0 Å². The Kier molecular flexibility index (Phi) is 4.26. The van der Waals surface area contributed by atoms with E-state index in [4.69, 9.17) is 0 Å². The van der Waals surface area contributed by atoms with Gasteiger partial charge in [0, 0.05) is 18.2 Å². The minimum Gasteiger partial charge on any atom is -0.335 e.